The van der Waals surface area contributed by atoms with Crippen molar-refractivity contribution in [1.82, 2.24) is 0 Å². The molecule has 482 valence electrons. The van der Waals surface area contributed by atoms with E-state index in [1.54, 1.807) is 0 Å². The van der Waals surface area contributed by atoms with Gasteiger partial charge in [0.05, 0.1) is 124 Å². The summed E-state index contributed by atoms with van der Waals surface area (Å²) in [5.41, 5.74) is -0.183. The average molecular weight is 1160 g/mol. The molecule has 0 amide bonds. The largest absolute Gasteiger partial charge is 0.381 e. The number of hydrogen-bond donors (Lipinski definition) is 0. The highest BCUT2D eigenvalue weighted by Crippen LogP contribution is 2.21. The van der Waals surface area contributed by atoms with Gasteiger partial charge in [-0.3, -0.25) is 0 Å². The summed E-state index contributed by atoms with van der Waals surface area (Å²) in [6.45, 7) is 52.1. The van der Waals surface area contributed by atoms with Crippen molar-refractivity contribution in [1.29, 1.82) is 0 Å². The lowest BCUT2D eigenvalue weighted by atomic mass is 9.92. The van der Waals surface area contributed by atoms with Gasteiger partial charge in [-0.1, -0.05) is 20.3 Å². The molecular formula is C59H126O20. The highest BCUT2D eigenvalue weighted by atomic mass is 16.6. The van der Waals surface area contributed by atoms with E-state index in [2.05, 4.69) is 13.8 Å². The summed E-state index contributed by atoms with van der Waals surface area (Å²) in [5.74, 6) is 0. The summed E-state index contributed by atoms with van der Waals surface area (Å²) in [6.07, 6.45) is 0.251. The van der Waals surface area contributed by atoms with Crippen molar-refractivity contribution in [3.05, 3.63) is 0 Å². The van der Waals surface area contributed by atoms with Crippen LogP contribution in [0.2, 0.25) is 0 Å². The molecule has 0 aliphatic rings. The Hall–Kier alpha value is -0.800. The maximum atomic E-state index is 5.99. The van der Waals surface area contributed by atoms with Gasteiger partial charge in [0.25, 0.3) is 0 Å². The van der Waals surface area contributed by atoms with E-state index in [1.165, 1.54) is 6.42 Å². The van der Waals surface area contributed by atoms with E-state index in [0.29, 0.717) is 205 Å². The molecule has 0 saturated carbocycles. The first-order valence-electron chi connectivity index (χ1n) is 30.3. The predicted octanol–water partition coefficient (Wildman–Crippen LogP) is 8.57. The van der Waals surface area contributed by atoms with Crippen LogP contribution in [-0.4, -0.2) is 261 Å². The molecule has 0 fully saturated rings. The van der Waals surface area contributed by atoms with Crippen LogP contribution in [0.1, 0.15) is 124 Å². The highest BCUT2D eigenvalue weighted by molar-refractivity contribution is 4.79. The van der Waals surface area contributed by atoms with Crippen LogP contribution >= 0.6 is 0 Å². The fourth-order valence-electron chi connectivity index (χ4n) is 6.84. The van der Waals surface area contributed by atoms with Gasteiger partial charge in [0.2, 0.25) is 0 Å². The minimum absolute atomic E-state index is 0.0925. The van der Waals surface area contributed by atoms with Crippen molar-refractivity contribution in [2.24, 2.45) is 5.41 Å². The summed E-state index contributed by atoms with van der Waals surface area (Å²) in [7, 11) is 0. The van der Waals surface area contributed by atoms with Gasteiger partial charge in [-0.25, -0.2) is 0 Å². The lowest BCUT2D eigenvalue weighted by molar-refractivity contribution is -0.119. The Morgan fingerprint density at radius 1 is 0.177 bits per heavy atom. The van der Waals surface area contributed by atoms with Crippen molar-refractivity contribution < 1.29 is 94.7 Å². The van der Waals surface area contributed by atoms with E-state index in [0.717, 1.165) is 13.2 Å². The van der Waals surface area contributed by atoms with Gasteiger partial charge in [0.1, 0.15) is 42.7 Å². The lowest BCUT2D eigenvalue weighted by Gasteiger charge is -2.32. The molecule has 0 aromatic heterocycles. The topological polar surface area (TPSA) is 185 Å². The Bertz CT molecular complexity index is 994. The molecule has 0 aromatic carbocycles. The van der Waals surface area contributed by atoms with Crippen LogP contribution in [0.15, 0.2) is 0 Å². The third-order valence-corrected chi connectivity index (χ3v) is 10.3. The minimum atomic E-state index is -0.234. The van der Waals surface area contributed by atoms with E-state index in [4.69, 9.17) is 94.7 Å². The zero-order chi connectivity index (χ0) is 59.7. The van der Waals surface area contributed by atoms with Crippen LogP contribution in [0.4, 0.5) is 0 Å². The Kier molecular flexibility index (Phi) is 74.7. The number of ether oxygens (including phenoxy) is 20. The van der Waals surface area contributed by atoms with Crippen molar-refractivity contribution in [2.45, 2.75) is 167 Å². The van der Waals surface area contributed by atoms with E-state index < -0.39 is 0 Å². The Morgan fingerprint density at radius 2 is 0.304 bits per heavy atom. The maximum Gasteiger partial charge on any atom is 0.104 e. The summed E-state index contributed by atoms with van der Waals surface area (Å²) < 4.78 is 113. The van der Waals surface area contributed by atoms with Gasteiger partial charge in [-0.05, 0) is 104 Å². The first-order valence-corrected chi connectivity index (χ1v) is 30.3. The van der Waals surface area contributed by atoms with Gasteiger partial charge in [0, 0.05) is 99.1 Å². The van der Waals surface area contributed by atoms with Crippen LogP contribution in [-0.2, 0) is 94.7 Å². The standard InChI is InChI=1S/C34H70O13.C13H28O4.C9H20O3.C3H8/c1-9-35-17-29(42-11-3)19-37-21-31(44-13-5)23-39-25-33(46-15-7)27-41-28-34(47-16-8)26-40-24-32(45-14-6)22-38-20-30(43-12-4)18-36-10-2;1-5-14-9-13(10-15-6-2,11-16-7-3)12-17-8-4;1-4-10-7-9(12-6-3)8-11-5-2;1-3-2/h29-34H,9-28H2,1-8H3;5-12H2,1-4H3;9H,4-8H2,1-3H3;3H2,1-2H3. The minimum Gasteiger partial charge on any atom is -0.381 e. The number of hydrogen-bond acceptors (Lipinski definition) is 20. The Labute approximate surface area is 483 Å². The molecule has 0 saturated heterocycles. The molecule has 0 aliphatic carbocycles. The summed E-state index contributed by atoms with van der Waals surface area (Å²) in [4.78, 5) is 0. The second-order valence-electron chi connectivity index (χ2n) is 17.6. The summed E-state index contributed by atoms with van der Waals surface area (Å²) in [6, 6.07) is 0. The van der Waals surface area contributed by atoms with Crippen LogP contribution in [0.25, 0.3) is 0 Å². The first kappa shape index (κ1) is 84.7. The van der Waals surface area contributed by atoms with Crippen LogP contribution in [0, 0.1) is 5.41 Å². The van der Waals surface area contributed by atoms with Crippen molar-refractivity contribution in [3.8, 4) is 0 Å². The smallest absolute Gasteiger partial charge is 0.104 e. The first-order chi connectivity index (χ1) is 38.5. The van der Waals surface area contributed by atoms with Gasteiger partial charge in [0.15, 0.2) is 0 Å². The molecule has 0 bridgehead atoms. The molecule has 0 heterocycles. The third-order valence-electron chi connectivity index (χ3n) is 10.3. The van der Waals surface area contributed by atoms with E-state index in [-0.39, 0.29) is 48.1 Å². The molecule has 20 nitrogen and oxygen atoms in total. The predicted molar refractivity (Wildman–Crippen MR) is 312 cm³/mol. The second-order valence-corrected chi connectivity index (χ2v) is 17.6. The van der Waals surface area contributed by atoms with Crippen molar-refractivity contribution in [3.63, 3.8) is 0 Å². The molecular weight excluding hydrogens is 1030 g/mol. The lowest BCUT2D eigenvalue weighted by Crippen LogP contribution is -2.41. The molecule has 0 N–H and O–H groups in total. The van der Waals surface area contributed by atoms with E-state index in [1.807, 2.05) is 104 Å². The summed E-state index contributed by atoms with van der Waals surface area (Å²) in [5, 5.41) is 0. The molecule has 0 rings (SSSR count). The molecule has 0 spiro atoms. The van der Waals surface area contributed by atoms with E-state index >= 15 is 0 Å². The van der Waals surface area contributed by atoms with Crippen LogP contribution < -0.4 is 0 Å². The van der Waals surface area contributed by atoms with Crippen LogP contribution in [0.5, 0.6) is 0 Å². The Balaban J connectivity index is -0.000000707. The van der Waals surface area contributed by atoms with Crippen LogP contribution in [0.3, 0.4) is 0 Å². The normalized spacial score (nSPS) is 13.9. The molecule has 0 aliphatic heterocycles. The molecule has 20 heteroatoms. The van der Waals surface area contributed by atoms with Gasteiger partial charge in [-0.2, -0.15) is 0 Å². The Morgan fingerprint density at radius 3 is 0.418 bits per heavy atom. The van der Waals surface area contributed by atoms with Gasteiger partial charge in [-0.15, -0.1) is 0 Å². The quantitative estimate of drug-likeness (QED) is 0.0563. The maximum absolute atomic E-state index is 5.99. The zero-order valence-electron chi connectivity index (χ0n) is 53.7. The molecule has 6 unspecified atom stereocenters. The number of rotatable bonds is 58. The van der Waals surface area contributed by atoms with E-state index in [9.17, 15) is 0 Å². The third kappa shape index (κ3) is 58.8. The zero-order valence-corrected chi connectivity index (χ0v) is 53.7. The molecule has 0 aromatic rings. The van der Waals surface area contributed by atoms with Crippen molar-refractivity contribution in [2.75, 3.05) is 218 Å². The monoisotopic (exact) mass is 1150 g/mol. The molecule has 0 radical (unpaired) electrons. The fraction of sp³-hybridized carbons (Fsp3) is 1.00. The highest BCUT2D eigenvalue weighted by Gasteiger charge is 2.32. The average Bonchev–Trinajstić information content (AvgIpc) is 3.44. The van der Waals surface area contributed by atoms with Gasteiger partial charge >= 0.3 is 0 Å². The van der Waals surface area contributed by atoms with Crippen molar-refractivity contribution >= 4 is 0 Å². The fourth-order valence-corrected chi connectivity index (χ4v) is 6.84. The molecule has 79 heavy (non-hydrogen) atoms. The summed E-state index contributed by atoms with van der Waals surface area (Å²) >= 11 is 0. The van der Waals surface area contributed by atoms with Gasteiger partial charge < -0.3 is 94.7 Å². The second kappa shape index (κ2) is 69.7. The molecule has 6 atom stereocenters. The SMILES string of the molecule is CCC.CCOCC(COCC(COCC(COCC(COCC(COCC(COCC)OCC)OCC)OCC)OCC)OCC)OCC.CCOCC(COCC)(COCC)COCC.CCOCC(COCC)OCC.